The summed E-state index contributed by atoms with van der Waals surface area (Å²) in [7, 11) is 2.69. The van der Waals surface area contributed by atoms with Gasteiger partial charge in [-0.15, -0.1) is 0 Å². The van der Waals surface area contributed by atoms with Gasteiger partial charge in [0, 0.05) is 0 Å². The van der Waals surface area contributed by atoms with Gasteiger partial charge in [0.15, 0.2) is 0 Å². The number of anilines is 1. The van der Waals surface area contributed by atoms with Crippen molar-refractivity contribution in [1.29, 1.82) is 0 Å². The molecule has 1 amide bonds. The van der Waals surface area contributed by atoms with E-state index in [4.69, 9.17) is 14.3 Å². The van der Waals surface area contributed by atoms with E-state index in [9.17, 15) is 24.3 Å². The van der Waals surface area contributed by atoms with Crippen LogP contribution in [0, 0.1) is 5.92 Å². The van der Waals surface area contributed by atoms with Gasteiger partial charge in [-0.2, -0.15) is 0 Å². The van der Waals surface area contributed by atoms with Gasteiger partial charge in [0.2, 0.25) is 0 Å². The molecule has 43 heavy (non-hydrogen) atoms. The van der Waals surface area contributed by atoms with Gasteiger partial charge in [-0.05, 0) is 0 Å². The molecule has 5 atom stereocenters. The number of β-lactam (4-membered cyclic amide) rings is 1. The molecule has 3 aromatic carbocycles. The second-order valence-corrected chi connectivity index (χ2v) is 13.4. The molecule has 0 bridgehead atoms. The maximum atomic E-state index is 13.8. The van der Waals surface area contributed by atoms with Crippen LogP contribution in [-0.2, 0) is 19.2 Å². The first-order chi connectivity index (χ1) is 20.8. The Balaban J connectivity index is 1.30. The molecule has 0 radical (unpaired) electrons. The second kappa shape index (κ2) is 10.1. The third-order valence-electron chi connectivity index (χ3n) is 9.10. The van der Waals surface area contributed by atoms with Crippen molar-refractivity contribution in [2.24, 2.45) is 5.92 Å². The molecule has 4 aliphatic rings. The summed E-state index contributed by atoms with van der Waals surface area (Å²) in [5.74, 6) is -2.71. The third kappa shape index (κ3) is 3.76. The molecule has 0 aromatic heterocycles. The Morgan fingerprint density at radius 3 is 2.19 bits per heavy atom. The summed E-state index contributed by atoms with van der Waals surface area (Å²) < 4.78 is 11.5. The van der Waals surface area contributed by atoms with Crippen LogP contribution < -0.4 is 14.1 Å². The average Bonchev–Trinajstić information content (AvgIpc) is 3.62. The molecule has 0 spiro atoms. The zero-order valence-corrected chi connectivity index (χ0v) is 25.0. The van der Waals surface area contributed by atoms with E-state index in [-0.39, 0.29) is 38.4 Å². The molecule has 3 heterocycles. The normalized spacial score (nSPS) is 28.7. The van der Waals surface area contributed by atoms with E-state index in [1.54, 1.807) is 53.5 Å². The van der Waals surface area contributed by atoms with Crippen LogP contribution in [0.3, 0.4) is 0 Å². The van der Waals surface area contributed by atoms with E-state index in [0.29, 0.717) is 16.8 Å². The number of benzene rings is 3. The van der Waals surface area contributed by atoms with Crippen LogP contribution in [0.4, 0.5) is 5.69 Å². The molecular weight excluding hydrogens is 619 g/mol. The van der Waals surface area contributed by atoms with Gasteiger partial charge in [-0.25, -0.2) is 0 Å². The van der Waals surface area contributed by atoms with Crippen LogP contribution in [-0.4, -0.2) is 92.1 Å². The molecular formula is C32H28N2O8Se. The van der Waals surface area contributed by atoms with Crippen molar-refractivity contribution in [2.75, 3.05) is 19.1 Å². The molecule has 3 aromatic rings. The van der Waals surface area contributed by atoms with E-state index < -0.39 is 52.8 Å². The van der Waals surface area contributed by atoms with Crippen molar-refractivity contribution in [2.45, 2.75) is 41.1 Å². The number of carbonyl (C=O) groups is 4. The number of hydrogen-bond donors (Lipinski definition) is 1. The van der Waals surface area contributed by atoms with Crippen molar-refractivity contribution < 1.29 is 38.6 Å². The summed E-state index contributed by atoms with van der Waals surface area (Å²) in [5.41, 5.74) is -4.48. The van der Waals surface area contributed by atoms with Crippen LogP contribution in [0.2, 0.25) is 5.32 Å². The predicted octanol–water partition coefficient (Wildman–Crippen LogP) is 1.58. The quantitative estimate of drug-likeness (QED) is 0.176. The molecule has 7 rings (SSSR count). The zero-order chi connectivity index (χ0) is 30.1. The average molecular weight is 648 g/mol. The zero-order valence-electron chi connectivity index (χ0n) is 23.3. The van der Waals surface area contributed by atoms with Gasteiger partial charge in [0.25, 0.3) is 0 Å². The van der Waals surface area contributed by atoms with Crippen LogP contribution in [0.25, 0.3) is 0 Å². The Labute approximate surface area is 253 Å². The number of aliphatic hydroxyl groups is 1. The molecule has 1 N–H and O–H groups in total. The summed E-state index contributed by atoms with van der Waals surface area (Å²) in [6.07, 6.45) is -0.225. The Morgan fingerprint density at radius 2 is 1.58 bits per heavy atom. The third-order valence-corrected chi connectivity index (χ3v) is 11.4. The van der Waals surface area contributed by atoms with Crippen LogP contribution in [0.1, 0.15) is 27.1 Å². The minimum atomic E-state index is -2.84. The molecule has 3 saturated heterocycles. The maximum absolute atomic E-state index is 13.8. The molecule has 1 aliphatic carbocycles. The van der Waals surface area contributed by atoms with Gasteiger partial charge in [0.1, 0.15) is 0 Å². The second-order valence-electron chi connectivity index (χ2n) is 11.1. The van der Waals surface area contributed by atoms with E-state index in [1.807, 2.05) is 30.3 Å². The van der Waals surface area contributed by atoms with Gasteiger partial charge in [0.05, 0.1) is 0 Å². The Morgan fingerprint density at radius 1 is 0.953 bits per heavy atom. The van der Waals surface area contributed by atoms with Crippen molar-refractivity contribution in [3.8, 4) is 5.75 Å². The Bertz CT molecular complexity index is 1610. The SMILES string of the molecule is COC(=O)C1(C2(O)C(=O)c3ccccc3C2=O)C[C@@H]2[C@H]3[C@H](C(=O)N3c3ccc(OC)cc3)[C@@H](C[Se]c3ccccc3)N2O1. The molecule has 3 aliphatic heterocycles. The number of carbonyl (C=O) groups excluding carboxylic acids is 4. The molecule has 1 unspecified atom stereocenters. The molecule has 220 valence electrons. The standard InChI is InChI=1S/C32H28N2O8Se/c1-40-19-14-12-18(13-15-19)33-26-23-16-31(30(38)41-2,32(39)27(35)21-10-6-7-11-22(21)28(32)36)42-34(23)24(25(26)29(33)37)17-43-20-8-4-3-5-9-20/h3-15,23-26,39H,16-17H2,1-2H3/t23-,24-,25-,26+,31?/m1/s1. The topological polar surface area (TPSA) is 123 Å². The fourth-order valence-corrected chi connectivity index (χ4v) is 9.29. The summed E-state index contributed by atoms with van der Waals surface area (Å²) in [5, 5.41) is 14.2. The predicted molar refractivity (Wildman–Crippen MR) is 154 cm³/mol. The van der Waals surface area contributed by atoms with Gasteiger partial charge >= 0.3 is 254 Å². The molecule has 3 fully saturated rings. The summed E-state index contributed by atoms with van der Waals surface area (Å²) >= 11 is -0.0574. The number of ether oxygens (including phenoxy) is 2. The van der Waals surface area contributed by atoms with Crippen LogP contribution in [0.15, 0.2) is 78.9 Å². The molecule has 0 saturated carbocycles. The fraction of sp³-hybridized carbons (Fsp3) is 0.312. The number of hydroxylamine groups is 2. The van der Waals surface area contributed by atoms with E-state index in [0.717, 1.165) is 11.6 Å². The summed E-state index contributed by atoms with van der Waals surface area (Å²) in [4.78, 5) is 63.0. The first-order valence-electron chi connectivity index (χ1n) is 13.9. The number of hydrogen-bond acceptors (Lipinski definition) is 9. The Hall–Kier alpha value is -3.86. The first kappa shape index (κ1) is 27.9. The van der Waals surface area contributed by atoms with E-state index in [1.165, 1.54) is 12.1 Å². The number of amides is 1. The van der Waals surface area contributed by atoms with Gasteiger partial charge in [-0.3, -0.25) is 0 Å². The van der Waals surface area contributed by atoms with E-state index >= 15 is 0 Å². The van der Waals surface area contributed by atoms with Gasteiger partial charge in [-0.1, -0.05) is 0 Å². The van der Waals surface area contributed by atoms with Crippen LogP contribution >= 0.6 is 0 Å². The number of ketones is 2. The minimum absolute atomic E-state index is 0.0226. The summed E-state index contributed by atoms with van der Waals surface area (Å²) in [6, 6.07) is 21.6. The number of Topliss-reactive ketones (excluding diaryl/α,β-unsaturated/α-hetero) is 2. The first-order valence-corrected chi connectivity index (χ1v) is 16.0. The molecule has 11 heteroatoms. The van der Waals surface area contributed by atoms with E-state index in [2.05, 4.69) is 0 Å². The fourth-order valence-electron chi connectivity index (χ4n) is 7.05. The van der Waals surface area contributed by atoms with Crippen molar-refractivity contribution in [3.63, 3.8) is 0 Å². The van der Waals surface area contributed by atoms with Crippen LogP contribution in [0.5, 0.6) is 5.75 Å². The number of methoxy groups -OCH3 is 2. The van der Waals surface area contributed by atoms with Crippen molar-refractivity contribution in [1.82, 2.24) is 5.06 Å². The summed E-state index contributed by atoms with van der Waals surface area (Å²) in [6.45, 7) is 0. The number of nitrogens with zero attached hydrogens (tertiary/aromatic N) is 2. The van der Waals surface area contributed by atoms with Gasteiger partial charge < -0.3 is 0 Å². The monoisotopic (exact) mass is 648 g/mol. The number of esters is 1. The van der Waals surface area contributed by atoms with Crippen molar-refractivity contribution in [3.05, 3.63) is 90.0 Å². The molecule has 10 nitrogen and oxygen atoms in total. The number of rotatable bonds is 7. The Kier molecular flexibility index (Phi) is 6.57. The number of fused-ring (bicyclic) bond motifs is 4. The van der Waals surface area contributed by atoms with Crippen molar-refractivity contribution >= 4 is 48.5 Å².